The number of hydrogen-bond donors (Lipinski definition) is 1. The van der Waals surface area contributed by atoms with E-state index in [-0.39, 0.29) is 12.0 Å². The van der Waals surface area contributed by atoms with Gasteiger partial charge in [-0.05, 0) is 11.1 Å². The number of nitriles is 1. The third-order valence-corrected chi connectivity index (χ3v) is 2.39. The lowest BCUT2D eigenvalue weighted by molar-refractivity contribution is 0.218. The molecule has 0 amide bonds. The fourth-order valence-corrected chi connectivity index (χ4v) is 1.28. The predicted octanol–water partition coefficient (Wildman–Crippen LogP) is 2.02. The van der Waals surface area contributed by atoms with Crippen molar-refractivity contribution < 1.29 is 5.11 Å². The number of aliphatic hydroxyl groups is 1. The summed E-state index contributed by atoms with van der Waals surface area (Å²) >= 11 is 0. The standard InChI is InChI=1S/C12H15NO/c1-12(2,9-14)11-5-3-4-10(8-11)6-7-13/h3-5,8,14H,6,9H2,1-2H3. The van der Waals surface area contributed by atoms with E-state index >= 15 is 0 Å². The smallest absolute Gasteiger partial charge is 0.0669 e. The van der Waals surface area contributed by atoms with E-state index in [2.05, 4.69) is 6.07 Å². The van der Waals surface area contributed by atoms with E-state index in [0.29, 0.717) is 6.42 Å². The summed E-state index contributed by atoms with van der Waals surface area (Å²) in [5.74, 6) is 0. The van der Waals surface area contributed by atoms with Crippen LogP contribution < -0.4 is 0 Å². The van der Waals surface area contributed by atoms with Crippen LogP contribution in [0.25, 0.3) is 0 Å². The molecule has 0 aliphatic heterocycles. The Morgan fingerprint density at radius 2 is 2.14 bits per heavy atom. The summed E-state index contributed by atoms with van der Waals surface area (Å²) in [6, 6.07) is 9.95. The fourth-order valence-electron chi connectivity index (χ4n) is 1.28. The number of aliphatic hydroxyl groups excluding tert-OH is 1. The maximum Gasteiger partial charge on any atom is 0.0669 e. The molecule has 0 saturated heterocycles. The van der Waals surface area contributed by atoms with Crippen molar-refractivity contribution in [3.8, 4) is 6.07 Å². The van der Waals surface area contributed by atoms with Crippen LogP contribution in [0.4, 0.5) is 0 Å². The van der Waals surface area contributed by atoms with Crippen molar-refractivity contribution in [3.63, 3.8) is 0 Å². The number of benzene rings is 1. The Hall–Kier alpha value is -1.33. The van der Waals surface area contributed by atoms with Gasteiger partial charge in [0.05, 0.1) is 19.1 Å². The highest BCUT2D eigenvalue weighted by atomic mass is 16.3. The van der Waals surface area contributed by atoms with E-state index in [9.17, 15) is 5.11 Å². The van der Waals surface area contributed by atoms with Crippen LogP contribution in [0.15, 0.2) is 24.3 Å². The Balaban J connectivity index is 3.00. The van der Waals surface area contributed by atoms with Crippen molar-refractivity contribution in [2.45, 2.75) is 25.7 Å². The van der Waals surface area contributed by atoms with Gasteiger partial charge in [-0.25, -0.2) is 0 Å². The lowest BCUT2D eigenvalue weighted by Crippen LogP contribution is -2.22. The van der Waals surface area contributed by atoms with Crippen molar-refractivity contribution in [2.24, 2.45) is 0 Å². The normalized spacial score (nSPS) is 11.0. The van der Waals surface area contributed by atoms with Gasteiger partial charge in [0, 0.05) is 5.41 Å². The van der Waals surface area contributed by atoms with E-state index in [0.717, 1.165) is 11.1 Å². The second-order valence-electron chi connectivity index (χ2n) is 4.08. The Kier molecular flexibility index (Phi) is 3.27. The second-order valence-corrected chi connectivity index (χ2v) is 4.08. The van der Waals surface area contributed by atoms with E-state index in [1.165, 1.54) is 0 Å². The maximum atomic E-state index is 9.20. The summed E-state index contributed by atoms with van der Waals surface area (Å²) in [6.07, 6.45) is 0.426. The van der Waals surface area contributed by atoms with Gasteiger partial charge in [-0.1, -0.05) is 38.1 Å². The van der Waals surface area contributed by atoms with Crippen LogP contribution in [0.2, 0.25) is 0 Å². The van der Waals surface area contributed by atoms with Gasteiger partial charge in [-0.3, -0.25) is 0 Å². The van der Waals surface area contributed by atoms with Crippen LogP contribution in [0.1, 0.15) is 25.0 Å². The molecule has 0 aromatic heterocycles. The van der Waals surface area contributed by atoms with Crippen molar-refractivity contribution in [1.82, 2.24) is 0 Å². The minimum Gasteiger partial charge on any atom is -0.395 e. The third kappa shape index (κ3) is 2.34. The largest absolute Gasteiger partial charge is 0.395 e. The molecular formula is C12H15NO. The third-order valence-electron chi connectivity index (χ3n) is 2.39. The molecule has 0 radical (unpaired) electrons. The van der Waals surface area contributed by atoms with Crippen LogP contribution in [0.3, 0.4) is 0 Å². The van der Waals surface area contributed by atoms with Gasteiger partial charge in [0.15, 0.2) is 0 Å². The molecule has 0 spiro atoms. The SMILES string of the molecule is CC(C)(CO)c1cccc(CC#N)c1. The van der Waals surface area contributed by atoms with Crippen LogP contribution in [-0.2, 0) is 11.8 Å². The van der Waals surface area contributed by atoms with E-state index in [1.54, 1.807) is 0 Å². The van der Waals surface area contributed by atoms with E-state index < -0.39 is 0 Å². The molecule has 1 aromatic rings. The predicted molar refractivity (Wildman–Crippen MR) is 55.9 cm³/mol. The minimum absolute atomic E-state index is 0.114. The topological polar surface area (TPSA) is 44.0 Å². The summed E-state index contributed by atoms with van der Waals surface area (Å²) in [5, 5.41) is 17.8. The molecule has 2 nitrogen and oxygen atoms in total. The number of rotatable bonds is 3. The summed E-state index contributed by atoms with van der Waals surface area (Å²) < 4.78 is 0. The Bertz CT molecular complexity index is 350. The first-order chi connectivity index (χ1) is 6.60. The Morgan fingerprint density at radius 1 is 1.43 bits per heavy atom. The molecule has 0 bridgehead atoms. The van der Waals surface area contributed by atoms with Gasteiger partial charge in [0.1, 0.15) is 0 Å². The maximum absolute atomic E-state index is 9.20. The van der Waals surface area contributed by atoms with Gasteiger partial charge in [-0.2, -0.15) is 5.26 Å². The average Bonchev–Trinajstić information content (AvgIpc) is 2.19. The molecule has 0 aliphatic rings. The number of hydrogen-bond acceptors (Lipinski definition) is 2. The van der Waals surface area contributed by atoms with Crippen molar-refractivity contribution in [1.29, 1.82) is 5.26 Å². The van der Waals surface area contributed by atoms with Gasteiger partial charge >= 0.3 is 0 Å². The molecular weight excluding hydrogens is 174 g/mol. The van der Waals surface area contributed by atoms with Crippen LogP contribution in [0.5, 0.6) is 0 Å². The summed E-state index contributed by atoms with van der Waals surface area (Å²) in [6.45, 7) is 4.08. The molecule has 0 fully saturated rings. The highest BCUT2D eigenvalue weighted by Crippen LogP contribution is 2.23. The summed E-state index contributed by atoms with van der Waals surface area (Å²) in [7, 11) is 0. The molecule has 2 heteroatoms. The van der Waals surface area contributed by atoms with Crippen LogP contribution in [-0.4, -0.2) is 11.7 Å². The van der Waals surface area contributed by atoms with Crippen molar-refractivity contribution in [3.05, 3.63) is 35.4 Å². The summed E-state index contributed by atoms with van der Waals surface area (Å²) in [4.78, 5) is 0. The monoisotopic (exact) mass is 189 g/mol. The molecule has 74 valence electrons. The van der Waals surface area contributed by atoms with E-state index in [4.69, 9.17) is 5.26 Å². The van der Waals surface area contributed by atoms with Crippen molar-refractivity contribution >= 4 is 0 Å². The molecule has 1 N–H and O–H groups in total. The minimum atomic E-state index is -0.231. The lowest BCUT2D eigenvalue weighted by Gasteiger charge is -2.22. The molecule has 0 aliphatic carbocycles. The summed E-state index contributed by atoms with van der Waals surface area (Å²) in [5.41, 5.74) is 1.85. The molecule has 0 heterocycles. The van der Waals surface area contributed by atoms with Crippen molar-refractivity contribution in [2.75, 3.05) is 6.61 Å². The second kappa shape index (κ2) is 4.26. The van der Waals surface area contributed by atoms with Gasteiger partial charge in [-0.15, -0.1) is 0 Å². The van der Waals surface area contributed by atoms with Gasteiger partial charge in [0.2, 0.25) is 0 Å². The molecule has 1 rings (SSSR count). The van der Waals surface area contributed by atoms with Gasteiger partial charge < -0.3 is 5.11 Å². The molecule has 0 atom stereocenters. The Labute approximate surface area is 84.8 Å². The zero-order valence-electron chi connectivity index (χ0n) is 8.62. The first-order valence-electron chi connectivity index (χ1n) is 4.67. The van der Waals surface area contributed by atoms with Gasteiger partial charge in [0.25, 0.3) is 0 Å². The first kappa shape index (κ1) is 10.7. The molecule has 14 heavy (non-hydrogen) atoms. The fraction of sp³-hybridized carbons (Fsp3) is 0.417. The quantitative estimate of drug-likeness (QED) is 0.790. The molecule has 0 unspecified atom stereocenters. The highest BCUT2D eigenvalue weighted by Gasteiger charge is 2.19. The zero-order valence-corrected chi connectivity index (χ0v) is 8.62. The lowest BCUT2D eigenvalue weighted by atomic mass is 9.84. The van der Waals surface area contributed by atoms with Crippen LogP contribution >= 0.6 is 0 Å². The Morgan fingerprint density at radius 3 is 2.71 bits per heavy atom. The highest BCUT2D eigenvalue weighted by molar-refractivity contribution is 5.30. The van der Waals surface area contributed by atoms with E-state index in [1.807, 2.05) is 38.1 Å². The zero-order chi connectivity index (χ0) is 10.6. The molecule has 1 aromatic carbocycles. The van der Waals surface area contributed by atoms with Crippen LogP contribution in [0, 0.1) is 11.3 Å². The molecule has 0 saturated carbocycles. The first-order valence-corrected chi connectivity index (χ1v) is 4.67. The number of nitrogens with zero attached hydrogens (tertiary/aromatic N) is 1. The average molecular weight is 189 g/mol.